The number of methoxy groups -OCH3 is 1. The number of hydrogen-bond acceptors (Lipinski definition) is 4. The van der Waals surface area contributed by atoms with Crippen LogP contribution in [0.4, 0.5) is 10.5 Å². The smallest absolute Gasteiger partial charge is 0.408 e. The molecule has 5 nitrogen and oxygen atoms in total. The summed E-state index contributed by atoms with van der Waals surface area (Å²) < 4.78 is 10.8. The third-order valence-electron chi connectivity index (χ3n) is 4.78. The maximum Gasteiger partial charge on any atom is 0.408 e. The highest BCUT2D eigenvalue weighted by Crippen LogP contribution is 2.37. The molecule has 1 amide bonds. The second kappa shape index (κ2) is 7.99. The van der Waals surface area contributed by atoms with Gasteiger partial charge < -0.3 is 20.5 Å². The van der Waals surface area contributed by atoms with Gasteiger partial charge in [-0.05, 0) is 47.5 Å². The summed E-state index contributed by atoms with van der Waals surface area (Å²) in [4.78, 5) is 12.0. The summed E-state index contributed by atoms with van der Waals surface area (Å²) in [6, 6.07) is 22.4. The predicted molar refractivity (Wildman–Crippen MR) is 111 cm³/mol. The first-order valence-electron chi connectivity index (χ1n) is 9.21. The third-order valence-corrected chi connectivity index (χ3v) is 4.78. The fourth-order valence-electron chi connectivity index (χ4n) is 3.32. The van der Waals surface area contributed by atoms with E-state index in [0.717, 1.165) is 22.3 Å². The molecule has 1 saturated heterocycles. The number of anilines is 1. The van der Waals surface area contributed by atoms with Crippen molar-refractivity contribution in [2.45, 2.75) is 12.1 Å². The van der Waals surface area contributed by atoms with Gasteiger partial charge in [-0.3, -0.25) is 0 Å². The van der Waals surface area contributed by atoms with Crippen molar-refractivity contribution in [2.24, 2.45) is 0 Å². The Morgan fingerprint density at radius 2 is 1.76 bits per heavy atom. The molecule has 5 heteroatoms. The lowest BCUT2D eigenvalue weighted by molar-refractivity contribution is 0.132. The van der Waals surface area contributed by atoms with Gasteiger partial charge in [0.25, 0.3) is 0 Å². The van der Waals surface area contributed by atoms with E-state index in [1.54, 1.807) is 7.11 Å². The number of nitrogens with two attached hydrogens (primary N) is 1. The number of carbonyl (C=O) groups excluding carboxylic acids is 1. The monoisotopic (exact) mass is 384 g/mol. The van der Waals surface area contributed by atoms with Crippen LogP contribution < -0.4 is 15.8 Å². The van der Waals surface area contributed by atoms with E-state index in [2.05, 4.69) is 17.2 Å². The zero-order valence-electron chi connectivity index (χ0n) is 15.9. The average molecular weight is 384 g/mol. The highest BCUT2D eigenvalue weighted by molar-refractivity contribution is 5.71. The molecule has 1 heterocycles. The second-order valence-corrected chi connectivity index (χ2v) is 6.69. The van der Waals surface area contributed by atoms with Gasteiger partial charge in [0, 0.05) is 16.8 Å². The van der Waals surface area contributed by atoms with Crippen LogP contribution in [-0.4, -0.2) is 13.2 Å². The summed E-state index contributed by atoms with van der Waals surface area (Å²) in [6.45, 7) is 0. The van der Waals surface area contributed by atoms with E-state index in [9.17, 15) is 4.79 Å². The van der Waals surface area contributed by atoms with Crippen molar-refractivity contribution in [1.82, 2.24) is 5.32 Å². The molecule has 29 heavy (non-hydrogen) atoms. The topological polar surface area (TPSA) is 73.6 Å². The Kier molecular flexibility index (Phi) is 5.08. The molecule has 1 aliphatic rings. The number of benzene rings is 3. The Bertz CT molecular complexity index is 1110. The largest absolute Gasteiger partial charge is 0.497 e. The van der Waals surface area contributed by atoms with Crippen LogP contribution in [0.3, 0.4) is 0 Å². The molecule has 0 aromatic heterocycles. The molecule has 0 bridgehead atoms. The van der Waals surface area contributed by atoms with Gasteiger partial charge in [0.2, 0.25) is 0 Å². The summed E-state index contributed by atoms with van der Waals surface area (Å²) in [5.41, 5.74) is 9.99. The molecule has 0 unspecified atom stereocenters. The molecule has 3 N–H and O–H groups in total. The minimum atomic E-state index is -0.453. The van der Waals surface area contributed by atoms with Crippen LogP contribution in [0.15, 0.2) is 72.8 Å². The summed E-state index contributed by atoms with van der Waals surface area (Å²) in [6.07, 6.45) is -0.901. The normalized spacial score (nSPS) is 17.6. The third kappa shape index (κ3) is 4.02. The number of nitrogen functional groups attached to an aromatic ring is 1. The Morgan fingerprint density at radius 1 is 0.966 bits per heavy atom. The van der Waals surface area contributed by atoms with Gasteiger partial charge in [-0.25, -0.2) is 4.79 Å². The fourth-order valence-corrected chi connectivity index (χ4v) is 3.32. The molecule has 1 aliphatic heterocycles. The first kappa shape index (κ1) is 18.5. The molecular weight excluding hydrogens is 364 g/mol. The van der Waals surface area contributed by atoms with Crippen LogP contribution in [0.2, 0.25) is 0 Å². The van der Waals surface area contributed by atoms with Crippen molar-refractivity contribution in [3.8, 4) is 17.6 Å². The standard InChI is InChI=1S/C24H20N2O3/c1-28-20-10-5-9-19(15-20)23-22(26-24(27)29-23)18-8-4-6-16(14-18)12-13-17-7-2-3-11-21(17)25/h2-11,14-15,22-23H,25H2,1H3,(H,26,27)/t22-,23-/m1/s1. The molecule has 0 radical (unpaired) electrons. The average Bonchev–Trinajstić information content (AvgIpc) is 3.15. The van der Waals surface area contributed by atoms with Crippen molar-refractivity contribution >= 4 is 11.8 Å². The van der Waals surface area contributed by atoms with Crippen LogP contribution in [0, 0.1) is 11.8 Å². The highest BCUT2D eigenvalue weighted by Gasteiger charge is 2.36. The van der Waals surface area contributed by atoms with Gasteiger partial charge >= 0.3 is 6.09 Å². The lowest BCUT2D eigenvalue weighted by Crippen LogP contribution is -2.19. The number of carbonyl (C=O) groups is 1. The molecule has 0 saturated carbocycles. The van der Waals surface area contributed by atoms with E-state index < -0.39 is 12.2 Å². The van der Waals surface area contributed by atoms with E-state index >= 15 is 0 Å². The lowest BCUT2D eigenvalue weighted by atomic mass is 9.95. The van der Waals surface area contributed by atoms with Gasteiger partial charge in [0.15, 0.2) is 6.10 Å². The van der Waals surface area contributed by atoms with Gasteiger partial charge in [-0.1, -0.05) is 48.2 Å². The SMILES string of the molecule is COc1cccc([C@H]2OC(=O)N[C@@H]2c2cccc(C#Cc3ccccc3N)c2)c1. The molecule has 144 valence electrons. The molecule has 0 spiro atoms. The van der Waals surface area contributed by atoms with Gasteiger partial charge in [-0.15, -0.1) is 0 Å². The first-order valence-corrected chi connectivity index (χ1v) is 9.21. The van der Waals surface area contributed by atoms with Crippen LogP contribution in [0.25, 0.3) is 0 Å². The predicted octanol–water partition coefficient (Wildman–Crippen LogP) is 4.20. The lowest BCUT2D eigenvalue weighted by Gasteiger charge is -2.18. The highest BCUT2D eigenvalue weighted by atomic mass is 16.6. The molecule has 1 fully saturated rings. The zero-order valence-corrected chi connectivity index (χ0v) is 15.9. The summed E-state index contributed by atoms with van der Waals surface area (Å²) in [7, 11) is 1.61. The van der Waals surface area contributed by atoms with Crippen molar-refractivity contribution in [3.05, 3.63) is 95.1 Å². The van der Waals surface area contributed by atoms with Crippen LogP contribution >= 0.6 is 0 Å². The summed E-state index contributed by atoms with van der Waals surface area (Å²) in [5.74, 6) is 6.96. The van der Waals surface area contributed by atoms with Crippen molar-refractivity contribution in [2.75, 3.05) is 12.8 Å². The van der Waals surface area contributed by atoms with Gasteiger partial charge in [0.05, 0.1) is 13.2 Å². The number of amides is 1. The van der Waals surface area contributed by atoms with Gasteiger partial charge in [-0.2, -0.15) is 0 Å². The first-order chi connectivity index (χ1) is 14.1. The Labute approximate surface area is 169 Å². The van der Waals surface area contributed by atoms with Crippen molar-refractivity contribution < 1.29 is 14.3 Å². The number of cyclic esters (lactones) is 1. The van der Waals surface area contributed by atoms with E-state index in [1.165, 1.54) is 0 Å². The van der Waals surface area contributed by atoms with E-state index in [1.807, 2.05) is 72.8 Å². The van der Waals surface area contributed by atoms with Crippen LogP contribution in [0.5, 0.6) is 5.75 Å². The number of ether oxygens (including phenoxy) is 2. The Balaban J connectivity index is 1.64. The molecule has 4 rings (SSSR count). The van der Waals surface area contributed by atoms with Crippen LogP contribution in [0.1, 0.15) is 34.4 Å². The molecular formula is C24H20N2O3. The van der Waals surface area contributed by atoms with Gasteiger partial charge in [0.1, 0.15) is 5.75 Å². The number of hydrogen-bond donors (Lipinski definition) is 2. The Morgan fingerprint density at radius 3 is 2.59 bits per heavy atom. The minimum Gasteiger partial charge on any atom is -0.497 e. The van der Waals surface area contributed by atoms with E-state index in [-0.39, 0.29) is 6.04 Å². The zero-order chi connectivity index (χ0) is 20.2. The van der Waals surface area contributed by atoms with Crippen molar-refractivity contribution in [1.29, 1.82) is 0 Å². The van der Waals surface area contributed by atoms with Crippen molar-refractivity contribution in [3.63, 3.8) is 0 Å². The maximum atomic E-state index is 12.0. The fraction of sp³-hybridized carbons (Fsp3) is 0.125. The second-order valence-electron chi connectivity index (χ2n) is 6.69. The number of para-hydroxylation sites is 1. The molecule has 3 aromatic rings. The van der Waals surface area contributed by atoms with E-state index in [0.29, 0.717) is 11.4 Å². The quantitative estimate of drug-likeness (QED) is 0.524. The summed E-state index contributed by atoms with van der Waals surface area (Å²) in [5, 5.41) is 2.90. The number of alkyl carbamates (subject to hydrolysis) is 1. The molecule has 3 aromatic carbocycles. The summed E-state index contributed by atoms with van der Waals surface area (Å²) >= 11 is 0. The number of rotatable bonds is 3. The van der Waals surface area contributed by atoms with E-state index in [4.69, 9.17) is 15.2 Å². The molecule has 0 aliphatic carbocycles. The maximum absolute atomic E-state index is 12.0. The minimum absolute atomic E-state index is 0.321. The Hall–Kier alpha value is -3.91. The number of nitrogens with one attached hydrogen (secondary N) is 1. The van der Waals surface area contributed by atoms with Crippen LogP contribution in [-0.2, 0) is 4.74 Å². The molecule has 2 atom stereocenters.